The highest BCUT2D eigenvalue weighted by molar-refractivity contribution is 6.02. The van der Waals surface area contributed by atoms with E-state index in [-0.39, 0.29) is 17.3 Å². The maximum absolute atomic E-state index is 14.0. The van der Waals surface area contributed by atoms with Crippen LogP contribution in [0, 0.1) is 19.7 Å². The zero-order valence-corrected chi connectivity index (χ0v) is 11.4. The summed E-state index contributed by atoms with van der Waals surface area (Å²) in [5.41, 5.74) is 2.65. The molecule has 0 N–H and O–H groups in total. The summed E-state index contributed by atoms with van der Waals surface area (Å²) in [5.74, 6) is -0.927. The highest BCUT2D eigenvalue weighted by atomic mass is 19.1. The van der Waals surface area contributed by atoms with Gasteiger partial charge in [-0.25, -0.2) is 4.39 Å². The van der Waals surface area contributed by atoms with Crippen molar-refractivity contribution in [2.75, 3.05) is 0 Å². The van der Waals surface area contributed by atoms with E-state index in [1.807, 2.05) is 50.2 Å². The topological polar surface area (TPSA) is 17.1 Å². The second-order valence-electron chi connectivity index (χ2n) is 4.94. The molecule has 0 radical (unpaired) electrons. The summed E-state index contributed by atoms with van der Waals surface area (Å²) in [6, 6.07) is 12.7. The summed E-state index contributed by atoms with van der Waals surface area (Å²) < 4.78 is 14.0. The Balaban J connectivity index is 2.40. The third-order valence-electron chi connectivity index (χ3n) is 3.37. The van der Waals surface area contributed by atoms with Crippen molar-refractivity contribution in [1.82, 2.24) is 0 Å². The van der Waals surface area contributed by atoms with Crippen LogP contribution in [-0.2, 0) is 0 Å². The number of benzene rings is 2. The van der Waals surface area contributed by atoms with Gasteiger partial charge in [-0.3, -0.25) is 4.79 Å². The molecule has 19 heavy (non-hydrogen) atoms. The van der Waals surface area contributed by atoms with Crippen LogP contribution in [-0.4, -0.2) is 5.78 Å². The van der Waals surface area contributed by atoms with Gasteiger partial charge in [-0.2, -0.15) is 0 Å². The van der Waals surface area contributed by atoms with Gasteiger partial charge in [-0.1, -0.05) is 43.3 Å². The predicted molar refractivity (Wildman–Crippen MR) is 75.1 cm³/mol. The quantitative estimate of drug-likeness (QED) is 0.742. The molecule has 1 atom stereocenters. The van der Waals surface area contributed by atoms with Gasteiger partial charge < -0.3 is 0 Å². The third kappa shape index (κ3) is 2.73. The molecule has 1 unspecified atom stereocenters. The largest absolute Gasteiger partial charge is 0.293 e. The first kappa shape index (κ1) is 13.5. The van der Waals surface area contributed by atoms with Gasteiger partial charge in [-0.15, -0.1) is 0 Å². The average molecular weight is 256 g/mol. The Morgan fingerprint density at radius 1 is 1.11 bits per heavy atom. The normalized spacial score (nSPS) is 12.2. The average Bonchev–Trinajstić information content (AvgIpc) is 2.37. The monoisotopic (exact) mass is 256 g/mol. The number of Topliss-reactive ketones (excluding diaryl/α,β-unsaturated/α-hetero) is 1. The Bertz CT molecular complexity index is 579. The Labute approximate surface area is 113 Å². The van der Waals surface area contributed by atoms with Gasteiger partial charge in [0.05, 0.1) is 5.56 Å². The fourth-order valence-corrected chi connectivity index (χ4v) is 2.34. The van der Waals surface area contributed by atoms with Crippen molar-refractivity contribution in [3.05, 3.63) is 70.5 Å². The standard InChI is InChI=1S/C17H17FO/c1-11-9-12(2)16(15(18)10-11)17(19)13(3)14-7-5-4-6-8-14/h4-10,13H,1-3H3. The van der Waals surface area contributed by atoms with E-state index < -0.39 is 5.82 Å². The number of rotatable bonds is 3. The SMILES string of the molecule is Cc1cc(C)c(C(=O)C(C)c2ccccc2)c(F)c1. The van der Waals surface area contributed by atoms with Crippen LogP contribution in [0.25, 0.3) is 0 Å². The molecule has 0 aliphatic heterocycles. The summed E-state index contributed by atoms with van der Waals surface area (Å²) in [6.07, 6.45) is 0. The molecule has 0 heterocycles. The molecule has 0 saturated carbocycles. The van der Waals surface area contributed by atoms with Crippen LogP contribution in [0.4, 0.5) is 4.39 Å². The molecule has 2 aromatic carbocycles. The number of aryl methyl sites for hydroxylation is 2. The summed E-state index contributed by atoms with van der Waals surface area (Å²) in [6.45, 7) is 5.42. The molecule has 0 aliphatic rings. The first-order valence-corrected chi connectivity index (χ1v) is 6.36. The lowest BCUT2D eigenvalue weighted by Gasteiger charge is -2.14. The fourth-order valence-electron chi connectivity index (χ4n) is 2.34. The van der Waals surface area contributed by atoms with Crippen LogP contribution < -0.4 is 0 Å². The van der Waals surface area contributed by atoms with E-state index in [0.717, 1.165) is 11.1 Å². The van der Waals surface area contributed by atoms with Crippen molar-refractivity contribution in [3.63, 3.8) is 0 Å². The Morgan fingerprint density at radius 3 is 2.32 bits per heavy atom. The number of carbonyl (C=O) groups is 1. The lowest BCUT2D eigenvalue weighted by Crippen LogP contribution is -2.13. The van der Waals surface area contributed by atoms with Crippen molar-refractivity contribution < 1.29 is 9.18 Å². The first-order chi connectivity index (χ1) is 9.00. The molecule has 2 rings (SSSR count). The Kier molecular flexibility index (Phi) is 3.79. The molecule has 0 aromatic heterocycles. The lowest BCUT2D eigenvalue weighted by atomic mass is 9.89. The fraction of sp³-hybridized carbons (Fsp3) is 0.235. The molecule has 0 amide bonds. The van der Waals surface area contributed by atoms with E-state index in [1.54, 1.807) is 6.92 Å². The van der Waals surface area contributed by atoms with Crippen LogP contribution in [0.5, 0.6) is 0 Å². The zero-order chi connectivity index (χ0) is 14.0. The third-order valence-corrected chi connectivity index (χ3v) is 3.37. The number of ketones is 1. The molecule has 0 saturated heterocycles. The minimum atomic E-state index is -0.426. The van der Waals surface area contributed by atoms with E-state index in [4.69, 9.17) is 0 Å². The van der Waals surface area contributed by atoms with Gasteiger partial charge in [0.15, 0.2) is 5.78 Å². The van der Waals surface area contributed by atoms with Crippen molar-refractivity contribution in [3.8, 4) is 0 Å². The van der Waals surface area contributed by atoms with Crippen molar-refractivity contribution in [2.24, 2.45) is 0 Å². The van der Waals surface area contributed by atoms with E-state index in [9.17, 15) is 9.18 Å². The maximum atomic E-state index is 14.0. The van der Waals surface area contributed by atoms with Crippen LogP contribution in [0.3, 0.4) is 0 Å². The van der Waals surface area contributed by atoms with E-state index in [0.29, 0.717) is 5.56 Å². The molecule has 2 heteroatoms. The summed E-state index contributed by atoms with van der Waals surface area (Å²) in [7, 11) is 0. The second kappa shape index (κ2) is 5.35. The summed E-state index contributed by atoms with van der Waals surface area (Å²) in [4.78, 5) is 12.5. The molecule has 0 aliphatic carbocycles. The Hall–Kier alpha value is -1.96. The number of halogens is 1. The predicted octanol–water partition coefficient (Wildman–Crippen LogP) is 4.43. The highest BCUT2D eigenvalue weighted by Crippen LogP contribution is 2.24. The van der Waals surface area contributed by atoms with Crippen LogP contribution in [0.15, 0.2) is 42.5 Å². The zero-order valence-electron chi connectivity index (χ0n) is 11.4. The molecule has 1 nitrogen and oxygen atoms in total. The van der Waals surface area contributed by atoms with E-state index in [2.05, 4.69) is 0 Å². The minimum absolute atomic E-state index is 0.166. The van der Waals surface area contributed by atoms with Gasteiger partial charge in [-0.05, 0) is 36.6 Å². The van der Waals surface area contributed by atoms with Crippen LogP contribution in [0.2, 0.25) is 0 Å². The lowest BCUT2D eigenvalue weighted by molar-refractivity contribution is 0.0961. The summed E-state index contributed by atoms with van der Waals surface area (Å²) in [5, 5.41) is 0. The summed E-state index contributed by atoms with van der Waals surface area (Å²) >= 11 is 0. The molecule has 0 bridgehead atoms. The number of hydrogen-bond donors (Lipinski definition) is 0. The van der Waals surface area contributed by atoms with E-state index in [1.165, 1.54) is 6.07 Å². The first-order valence-electron chi connectivity index (χ1n) is 6.36. The molecule has 98 valence electrons. The molecular formula is C17H17FO. The molecule has 0 spiro atoms. The highest BCUT2D eigenvalue weighted by Gasteiger charge is 2.22. The van der Waals surface area contributed by atoms with Crippen LogP contribution >= 0.6 is 0 Å². The maximum Gasteiger partial charge on any atom is 0.173 e. The van der Waals surface area contributed by atoms with Crippen LogP contribution in [0.1, 0.15) is 39.9 Å². The van der Waals surface area contributed by atoms with Crippen molar-refractivity contribution in [1.29, 1.82) is 0 Å². The van der Waals surface area contributed by atoms with Gasteiger partial charge in [0.1, 0.15) is 5.82 Å². The minimum Gasteiger partial charge on any atom is -0.293 e. The number of hydrogen-bond acceptors (Lipinski definition) is 1. The van der Waals surface area contributed by atoms with Gasteiger partial charge in [0, 0.05) is 5.92 Å². The molecular weight excluding hydrogens is 239 g/mol. The second-order valence-corrected chi connectivity index (χ2v) is 4.94. The van der Waals surface area contributed by atoms with Crippen molar-refractivity contribution in [2.45, 2.75) is 26.7 Å². The number of carbonyl (C=O) groups excluding carboxylic acids is 1. The Morgan fingerprint density at radius 2 is 1.74 bits per heavy atom. The van der Waals surface area contributed by atoms with Gasteiger partial charge in [0.2, 0.25) is 0 Å². The smallest absolute Gasteiger partial charge is 0.173 e. The van der Waals surface area contributed by atoms with Gasteiger partial charge in [0.25, 0.3) is 0 Å². The van der Waals surface area contributed by atoms with Crippen molar-refractivity contribution >= 4 is 5.78 Å². The molecule has 2 aromatic rings. The molecule has 0 fully saturated rings. The van der Waals surface area contributed by atoms with E-state index >= 15 is 0 Å². The van der Waals surface area contributed by atoms with Gasteiger partial charge >= 0.3 is 0 Å².